The maximum absolute atomic E-state index is 12.6. The monoisotopic (exact) mass is 914 g/mol. The number of esters is 2. The first-order chi connectivity index (χ1) is 30.3. The number of nitro groups is 2. The molecular formula is C44H39BrN10O8. The van der Waals surface area contributed by atoms with Crippen LogP contribution < -0.4 is 10.2 Å². The molecule has 0 unspecified atom stereocenters. The third-order valence-corrected chi connectivity index (χ3v) is 10.7. The van der Waals surface area contributed by atoms with Gasteiger partial charge in [-0.05, 0) is 95.7 Å². The molecule has 2 aliphatic heterocycles. The Bertz CT molecular complexity index is 2730. The van der Waals surface area contributed by atoms with E-state index in [4.69, 9.17) is 14.7 Å². The Morgan fingerprint density at radius 2 is 1.14 bits per heavy atom. The fourth-order valence-corrected chi connectivity index (χ4v) is 7.57. The number of carbonyl (C=O) groups is 2. The number of anilines is 1. The van der Waals surface area contributed by atoms with Crippen molar-refractivity contribution >= 4 is 67.0 Å². The quantitative estimate of drug-likeness (QED) is 0.0924. The second-order valence-corrected chi connectivity index (χ2v) is 15.7. The van der Waals surface area contributed by atoms with Gasteiger partial charge in [0.05, 0.1) is 44.3 Å². The first-order valence-electron chi connectivity index (χ1n) is 19.6. The summed E-state index contributed by atoms with van der Waals surface area (Å²) in [5.41, 5.74) is 4.87. The number of nitrogens with one attached hydrogen (secondary N) is 1. The van der Waals surface area contributed by atoms with Gasteiger partial charge >= 0.3 is 11.9 Å². The molecular weight excluding hydrogens is 876 g/mol. The highest BCUT2D eigenvalue weighted by Crippen LogP contribution is 2.31. The second-order valence-electron chi connectivity index (χ2n) is 14.9. The molecule has 4 heterocycles. The van der Waals surface area contributed by atoms with E-state index in [0.29, 0.717) is 58.7 Å². The van der Waals surface area contributed by atoms with E-state index >= 15 is 0 Å². The molecule has 63 heavy (non-hydrogen) atoms. The lowest BCUT2D eigenvalue weighted by Crippen LogP contribution is -2.44. The van der Waals surface area contributed by atoms with Gasteiger partial charge in [0, 0.05) is 66.6 Å². The van der Waals surface area contributed by atoms with Crippen LogP contribution in [0.2, 0.25) is 0 Å². The van der Waals surface area contributed by atoms with Crippen molar-refractivity contribution in [3.8, 4) is 12.1 Å². The largest absolute Gasteiger partial charge is 0.457 e. The number of nitrogens with zero attached hydrogens (tertiary/aromatic N) is 9. The normalized spacial score (nSPS) is 18.0. The molecule has 18 nitrogen and oxygen atoms in total. The van der Waals surface area contributed by atoms with E-state index in [1.165, 1.54) is 48.5 Å². The molecule has 1 N–H and O–H groups in total. The molecule has 320 valence electrons. The predicted molar refractivity (Wildman–Crippen MR) is 233 cm³/mol. The number of aromatic nitrogens is 4. The molecule has 0 aliphatic carbocycles. The van der Waals surface area contributed by atoms with Crippen molar-refractivity contribution in [2.75, 3.05) is 31.1 Å². The number of non-ortho nitro benzene ring substituents is 2. The van der Waals surface area contributed by atoms with Crippen molar-refractivity contribution < 1.29 is 28.9 Å². The summed E-state index contributed by atoms with van der Waals surface area (Å²) >= 11 is 3.35. The molecule has 2 aliphatic rings. The highest BCUT2D eigenvalue weighted by molar-refractivity contribution is 9.10. The van der Waals surface area contributed by atoms with Gasteiger partial charge in [0.25, 0.3) is 11.4 Å². The smallest absolute Gasteiger partial charge is 0.338 e. The van der Waals surface area contributed by atoms with Crippen LogP contribution in [0.15, 0.2) is 102 Å². The Kier molecular flexibility index (Phi) is 14.9. The van der Waals surface area contributed by atoms with E-state index in [1.807, 2.05) is 6.07 Å². The molecule has 2 saturated heterocycles. The van der Waals surface area contributed by atoms with E-state index in [1.54, 1.807) is 43.0 Å². The van der Waals surface area contributed by atoms with Crippen LogP contribution in [0.5, 0.6) is 0 Å². The summed E-state index contributed by atoms with van der Waals surface area (Å²) in [5, 5.41) is 42.7. The van der Waals surface area contributed by atoms with Gasteiger partial charge in [-0.1, -0.05) is 13.8 Å². The molecule has 0 amide bonds. The van der Waals surface area contributed by atoms with Crippen LogP contribution in [0.25, 0.3) is 22.1 Å². The van der Waals surface area contributed by atoms with Crippen LogP contribution in [0.4, 0.5) is 17.1 Å². The molecule has 19 heteroatoms. The number of ether oxygens (including phenoxy) is 2. The lowest BCUT2D eigenvalue weighted by atomic mass is 9.96. The van der Waals surface area contributed by atoms with Crippen LogP contribution in [-0.4, -0.2) is 80.1 Å². The van der Waals surface area contributed by atoms with E-state index in [2.05, 4.69) is 72.1 Å². The second kappa shape index (κ2) is 20.9. The summed E-state index contributed by atoms with van der Waals surface area (Å²) in [5.74, 6) is -0.219. The number of benzene rings is 4. The number of piperidine rings is 2. The zero-order valence-corrected chi connectivity index (χ0v) is 35.5. The predicted octanol–water partition coefficient (Wildman–Crippen LogP) is 7.50. The van der Waals surface area contributed by atoms with Gasteiger partial charge in [0.1, 0.15) is 46.4 Å². The van der Waals surface area contributed by atoms with Crippen LogP contribution in [-0.2, 0) is 9.47 Å². The van der Waals surface area contributed by atoms with Crippen LogP contribution in [0.1, 0.15) is 58.5 Å². The number of hydrogen-bond acceptors (Lipinski definition) is 16. The fraction of sp³-hybridized carbons (Fsp3) is 0.273. The van der Waals surface area contributed by atoms with Crippen molar-refractivity contribution in [3.63, 3.8) is 0 Å². The van der Waals surface area contributed by atoms with E-state index in [-0.39, 0.29) is 35.1 Å². The average Bonchev–Trinajstić information content (AvgIpc) is 3.29. The molecule has 2 aromatic heterocycles. The molecule has 4 aromatic carbocycles. The van der Waals surface area contributed by atoms with Crippen molar-refractivity contribution in [1.29, 1.82) is 10.5 Å². The molecule has 2 fully saturated rings. The highest BCUT2D eigenvalue weighted by atomic mass is 79.9. The van der Waals surface area contributed by atoms with E-state index < -0.39 is 21.8 Å². The average molecular weight is 916 g/mol. The Morgan fingerprint density at radius 1 is 0.667 bits per heavy atom. The van der Waals surface area contributed by atoms with Gasteiger partial charge in [0.2, 0.25) is 0 Å². The number of fused-ring (bicyclic) bond motifs is 2. The number of nitro benzene ring substituents is 2. The van der Waals surface area contributed by atoms with Gasteiger partial charge < -0.3 is 19.7 Å². The number of nitriles is 2. The van der Waals surface area contributed by atoms with Gasteiger partial charge in [0.15, 0.2) is 0 Å². The minimum Gasteiger partial charge on any atom is -0.457 e. The number of carbonyl (C=O) groups excluding carboxylic acids is 2. The first-order valence-corrected chi connectivity index (χ1v) is 20.4. The lowest BCUT2D eigenvalue weighted by molar-refractivity contribution is -0.385. The first kappa shape index (κ1) is 45.1. The zero-order chi connectivity index (χ0) is 45.0. The summed E-state index contributed by atoms with van der Waals surface area (Å²) in [6.45, 7) is 6.99. The maximum atomic E-state index is 12.6. The zero-order valence-electron chi connectivity index (χ0n) is 34.0. The third kappa shape index (κ3) is 11.5. The van der Waals surface area contributed by atoms with Crippen LogP contribution in [0.3, 0.4) is 0 Å². The highest BCUT2D eigenvalue weighted by Gasteiger charge is 2.30. The topological polar surface area (TPSA) is 253 Å². The SMILES string of the molecule is C[C@@H]1CNC[C@@H](OC(=O)c2ccc([N+](=O)[O-])cc2)C1.C[C@H]1C[C@H](OC(=O)c2ccc([N+](=O)[O-])cc2)CN(c2ccc(C#N)c3nccnc23)C1.N#Cc1ccc(Br)c2nccnc12. The summed E-state index contributed by atoms with van der Waals surface area (Å²) in [6, 6.07) is 22.1. The minimum absolute atomic E-state index is 0.0375. The Labute approximate surface area is 369 Å². The van der Waals surface area contributed by atoms with Crippen LogP contribution in [0, 0.1) is 54.7 Å². The van der Waals surface area contributed by atoms with Crippen molar-refractivity contribution in [3.05, 3.63) is 145 Å². The summed E-state index contributed by atoms with van der Waals surface area (Å²) in [7, 11) is 0. The summed E-state index contributed by atoms with van der Waals surface area (Å²) in [6.07, 6.45) is 7.39. The van der Waals surface area contributed by atoms with Crippen molar-refractivity contribution in [2.24, 2.45) is 11.8 Å². The number of halogens is 1. The molecule has 0 radical (unpaired) electrons. The molecule has 0 bridgehead atoms. The molecule has 8 rings (SSSR count). The van der Waals surface area contributed by atoms with Gasteiger partial charge in [-0.25, -0.2) is 9.59 Å². The fourth-order valence-electron chi connectivity index (χ4n) is 7.15. The Morgan fingerprint density at radius 3 is 1.67 bits per heavy atom. The number of rotatable bonds is 7. The van der Waals surface area contributed by atoms with Crippen LogP contribution >= 0.6 is 15.9 Å². The molecule has 4 atom stereocenters. The van der Waals surface area contributed by atoms with Gasteiger partial charge in [-0.15, -0.1) is 0 Å². The maximum Gasteiger partial charge on any atom is 0.338 e. The van der Waals surface area contributed by atoms with Crippen molar-refractivity contribution in [1.82, 2.24) is 25.3 Å². The minimum atomic E-state index is -0.515. The van der Waals surface area contributed by atoms with E-state index in [0.717, 1.165) is 35.2 Å². The molecule has 0 spiro atoms. The Balaban J connectivity index is 0.000000175. The van der Waals surface area contributed by atoms with Gasteiger partial charge in [-0.3, -0.25) is 40.2 Å². The van der Waals surface area contributed by atoms with E-state index in [9.17, 15) is 35.1 Å². The number of hydrogen-bond donors (Lipinski definition) is 1. The molecule has 0 saturated carbocycles. The Hall–Kier alpha value is -7.48. The lowest BCUT2D eigenvalue weighted by Gasteiger charge is -2.37. The third-order valence-electron chi connectivity index (χ3n) is 10.1. The van der Waals surface area contributed by atoms with Gasteiger partial charge in [-0.2, -0.15) is 10.5 Å². The summed E-state index contributed by atoms with van der Waals surface area (Å²) < 4.78 is 12.0. The summed E-state index contributed by atoms with van der Waals surface area (Å²) in [4.78, 5) is 63.8. The standard InChI is InChI=1S/C22H19N5O4.C13H16N2O4.C9H4BrN3/c1-14-10-18(31-22(28)15-2-5-17(6-3-15)27(29)30)13-26(12-14)19-7-4-16(11-23)20-21(19)25-9-8-24-20;1-9-6-12(8-14-7-9)19-13(16)10-2-4-11(5-3-10)15(17)18;10-7-2-1-6(5-11)8-9(7)13-4-3-12-8/h2-9,14,18H,10,12-13H2,1H3;2-5,9,12,14H,6-8H2,1H3;1-4H/t14-,18-;9-,12-;/m00./s1. The van der Waals surface area contributed by atoms with Crippen molar-refractivity contribution in [2.45, 2.75) is 38.9 Å². The molecule has 6 aromatic rings.